The Labute approximate surface area is 164 Å². The number of hydrogen-bond acceptors (Lipinski definition) is 5. The molecule has 28 heavy (non-hydrogen) atoms. The average Bonchev–Trinajstić information content (AvgIpc) is 3.27. The number of piperidine rings is 1. The van der Waals surface area contributed by atoms with Crippen LogP contribution in [0.1, 0.15) is 29.0 Å². The highest BCUT2D eigenvalue weighted by molar-refractivity contribution is 6.04. The maximum absolute atomic E-state index is 12.3. The van der Waals surface area contributed by atoms with Crippen LogP contribution in [-0.2, 0) is 6.54 Å². The van der Waals surface area contributed by atoms with Crippen molar-refractivity contribution < 1.29 is 9.21 Å². The molecule has 1 aromatic carbocycles. The van der Waals surface area contributed by atoms with Gasteiger partial charge in [0, 0.05) is 48.5 Å². The molecular formula is C22H24N4O2. The average molecular weight is 376 g/mol. The Hall–Kier alpha value is -3.12. The highest BCUT2D eigenvalue weighted by Crippen LogP contribution is 2.24. The van der Waals surface area contributed by atoms with Gasteiger partial charge in [0.05, 0.1) is 12.8 Å². The molecule has 6 nitrogen and oxygen atoms in total. The highest BCUT2D eigenvalue weighted by atomic mass is 16.3. The first-order valence-corrected chi connectivity index (χ1v) is 9.60. The molecule has 1 saturated heterocycles. The van der Waals surface area contributed by atoms with Crippen LogP contribution in [0.5, 0.6) is 0 Å². The fourth-order valence-corrected chi connectivity index (χ4v) is 3.49. The minimum atomic E-state index is -0.125. The lowest BCUT2D eigenvalue weighted by Gasteiger charge is -2.34. The Bertz CT molecular complexity index is 888. The van der Waals surface area contributed by atoms with Gasteiger partial charge in [-0.05, 0) is 55.3 Å². The summed E-state index contributed by atoms with van der Waals surface area (Å²) in [6.45, 7) is 2.74. The van der Waals surface area contributed by atoms with Crippen molar-refractivity contribution in [3.63, 3.8) is 0 Å². The second-order valence-corrected chi connectivity index (χ2v) is 6.96. The minimum Gasteiger partial charge on any atom is -0.468 e. The molecule has 0 saturated carbocycles. The molecule has 3 heterocycles. The topological polar surface area (TPSA) is 70.4 Å². The van der Waals surface area contributed by atoms with E-state index < -0.39 is 0 Å². The number of benzene rings is 1. The molecule has 3 aromatic rings. The fourth-order valence-electron chi connectivity index (χ4n) is 3.49. The summed E-state index contributed by atoms with van der Waals surface area (Å²) in [4.78, 5) is 18.7. The van der Waals surface area contributed by atoms with Gasteiger partial charge >= 0.3 is 0 Å². The number of aromatic nitrogens is 1. The van der Waals surface area contributed by atoms with Gasteiger partial charge in [-0.15, -0.1) is 0 Å². The standard InChI is InChI=1S/C22H24N4O2/c27-22(17-6-10-23-11-7-17)25-19-3-1-4-20(15-19)26-12-8-18(9-13-26)24-16-21-5-2-14-28-21/h1-7,10-11,14-15,18,24H,8-9,12-13,16H2,(H,25,27). The SMILES string of the molecule is O=C(Nc1cccc(N2CCC(NCc3ccco3)CC2)c1)c1ccncc1. The Morgan fingerprint density at radius 2 is 1.93 bits per heavy atom. The largest absolute Gasteiger partial charge is 0.468 e. The van der Waals surface area contributed by atoms with E-state index in [2.05, 4.69) is 26.6 Å². The first kappa shape index (κ1) is 18.3. The number of carbonyl (C=O) groups excluding carboxylic acids is 1. The molecule has 2 aromatic heterocycles. The summed E-state index contributed by atoms with van der Waals surface area (Å²) in [5.41, 5.74) is 2.54. The van der Waals surface area contributed by atoms with Crippen molar-refractivity contribution in [3.8, 4) is 0 Å². The van der Waals surface area contributed by atoms with Gasteiger partial charge in [-0.1, -0.05) is 6.07 Å². The highest BCUT2D eigenvalue weighted by Gasteiger charge is 2.19. The lowest BCUT2D eigenvalue weighted by Crippen LogP contribution is -2.42. The van der Waals surface area contributed by atoms with Gasteiger partial charge in [-0.2, -0.15) is 0 Å². The summed E-state index contributed by atoms with van der Waals surface area (Å²) >= 11 is 0. The molecule has 144 valence electrons. The Kier molecular flexibility index (Phi) is 5.68. The van der Waals surface area contributed by atoms with E-state index in [1.165, 1.54) is 0 Å². The van der Waals surface area contributed by atoms with Crippen molar-refractivity contribution >= 4 is 17.3 Å². The Morgan fingerprint density at radius 1 is 1.11 bits per heavy atom. The van der Waals surface area contributed by atoms with Gasteiger partial charge in [0.1, 0.15) is 5.76 Å². The van der Waals surface area contributed by atoms with Crippen LogP contribution < -0.4 is 15.5 Å². The zero-order valence-corrected chi connectivity index (χ0v) is 15.7. The van der Waals surface area contributed by atoms with E-state index in [4.69, 9.17) is 4.42 Å². The lowest BCUT2D eigenvalue weighted by atomic mass is 10.0. The molecule has 0 aliphatic carbocycles. The molecule has 1 aliphatic rings. The van der Waals surface area contributed by atoms with Gasteiger partial charge < -0.3 is 20.0 Å². The monoisotopic (exact) mass is 376 g/mol. The number of carbonyl (C=O) groups is 1. The zero-order valence-electron chi connectivity index (χ0n) is 15.7. The third kappa shape index (κ3) is 4.58. The Balaban J connectivity index is 1.31. The van der Waals surface area contributed by atoms with Gasteiger partial charge in [0.25, 0.3) is 5.91 Å². The fraction of sp³-hybridized carbons (Fsp3) is 0.273. The number of nitrogens with zero attached hydrogens (tertiary/aromatic N) is 2. The van der Waals surface area contributed by atoms with Crippen molar-refractivity contribution in [2.75, 3.05) is 23.3 Å². The molecule has 6 heteroatoms. The van der Waals surface area contributed by atoms with Gasteiger partial charge in [0.15, 0.2) is 0 Å². The second kappa shape index (κ2) is 8.71. The van der Waals surface area contributed by atoms with Crippen molar-refractivity contribution in [1.82, 2.24) is 10.3 Å². The molecule has 0 radical (unpaired) electrons. The number of hydrogen-bond donors (Lipinski definition) is 2. The summed E-state index contributed by atoms with van der Waals surface area (Å²) in [5.74, 6) is 0.848. The summed E-state index contributed by atoms with van der Waals surface area (Å²) in [7, 11) is 0. The predicted molar refractivity (Wildman–Crippen MR) is 109 cm³/mol. The van der Waals surface area contributed by atoms with E-state index in [0.717, 1.165) is 49.6 Å². The van der Waals surface area contributed by atoms with Crippen LogP contribution in [0.15, 0.2) is 71.6 Å². The maximum Gasteiger partial charge on any atom is 0.255 e. The molecule has 1 amide bonds. The van der Waals surface area contributed by atoms with Crippen LogP contribution >= 0.6 is 0 Å². The second-order valence-electron chi connectivity index (χ2n) is 6.96. The molecule has 1 aliphatic heterocycles. The molecular weight excluding hydrogens is 352 g/mol. The summed E-state index contributed by atoms with van der Waals surface area (Å²) in [5, 5.41) is 6.54. The van der Waals surface area contributed by atoms with Crippen molar-refractivity contribution in [2.24, 2.45) is 0 Å². The van der Waals surface area contributed by atoms with Crippen LogP contribution in [-0.4, -0.2) is 30.0 Å². The summed E-state index contributed by atoms with van der Waals surface area (Å²) < 4.78 is 5.38. The molecule has 2 N–H and O–H groups in total. The Morgan fingerprint density at radius 3 is 2.68 bits per heavy atom. The van der Waals surface area contributed by atoms with E-state index in [-0.39, 0.29) is 5.91 Å². The van der Waals surface area contributed by atoms with E-state index in [9.17, 15) is 4.79 Å². The maximum atomic E-state index is 12.3. The quantitative estimate of drug-likeness (QED) is 0.687. The number of pyridine rings is 1. The van der Waals surface area contributed by atoms with E-state index in [1.54, 1.807) is 30.8 Å². The van der Waals surface area contributed by atoms with Crippen molar-refractivity contribution in [2.45, 2.75) is 25.4 Å². The van der Waals surface area contributed by atoms with E-state index in [0.29, 0.717) is 11.6 Å². The summed E-state index contributed by atoms with van der Waals surface area (Å²) in [6, 6.07) is 15.9. The number of anilines is 2. The van der Waals surface area contributed by atoms with Gasteiger partial charge in [-0.25, -0.2) is 0 Å². The lowest BCUT2D eigenvalue weighted by molar-refractivity contribution is 0.102. The molecule has 0 atom stereocenters. The number of furan rings is 1. The molecule has 0 unspecified atom stereocenters. The number of rotatable bonds is 6. The van der Waals surface area contributed by atoms with Crippen LogP contribution in [0.25, 0.3) is 0 Å². The van der Waals surface area contributed by atoms with Gasteiger partial charge in [0.2, 0.25) is 0 Å². The van der Waals surface area contributed by atoms with Gasteiger partial charge in [-0.3, -0.25) is 9.78 Å². The molecule has 0 spiro atoms. The molecule has 4 rings (SSSR count). The normalized spacial score (nSPS) is 14.8. The predicted octanol–water partition coefficient (Wildman–Crippen LogP) is 3.69. The third-order valence-corrected chi connectivity index (χ3v) is 5.05. The number of nitrogens with one attached hydrogen (secondary N) is 2. The smallest absolute Gasteiger partial charge is 0.255 e. The van der Waals surface area contributed by atoms with Crippen LogP contribution in [0.3, 0.4) is 0 Å². The minimum absolute atomic E-state index is 0.125. The summed E-state index contributed by atoms with van der Waals surface area (Å²) in [6.07, 6.45) is 7.10. The van der Waals surface area contributed by atoms with E-state index in [1.807, 2.05) is 30.3 Å². The van der Waals surface area contributed by atoms with Crippen LogP contribution in [0.2, 0.25) is 0 Å². The first-order chi connectivity index (χ1) is 13.8. The molecule has 1 fully saturated rings. The van der Waals surface area contributed by atoms with Crippen molar-refractivity contribution in [1.29, 1.82) is 0 Å². The third-order valence-electron chi connectivity index (χ3n) is 5.05. The van der Waals surface area contributed by atoms with Crippen molar-refractivity contribution in [3.05, 3.63) is 78.5 Å². The zero-order chi connectivity index (χ0) is 19.2. The van der Waals surface area contributed by atoms with Crippen LogP contribution in [0, 0.1) is 0 Å². The molecule has 0 bridgehead atoms. The first-order valence-electron chi connectivity index (χ1n) is 9.60. The van der Waals surface area contributed by atoms with E-state index >= 15 is 0 Å². The number of amides is 1. The van der Waals surface area contributed by atoms with Crippen LogP contribution in [0.4, 0.5) is 11.4 Å².